The minimum absolute atomic E-state index is 0.0186. The van der Waals surface area contributed by atoms with Crippen LogP contribution in [0.3, 0.4) is 0 Å². The normalized spacial score (nSPS) is 28.1. The number of aromatic nitrogens is 1. The van der Waals surface area contributed by atoms with Crippen molar-refractivity contribution in [1.29, 1.82) is 0 Å². The molecule has 2 unspecified atom stereocenters. The third-order valence-corrected chi connectivity index (χ3v) is 6.78. The molecule has 3 rings (SSSR count). The maximum absolute atomic E-state index is 12.6. The summed E-state index contributed by atoms with van der Waals surface area (Å²) in [6.07, 6.45) is 2.41. The molecule has 150 valence electrons. The number of halogens is 1. The van der Waals surface area contributed by atoms with Crippen molar-refractivity contribution >= 4 is 39.3 Å². The van der Waals surface area contributed by atoms with Crippen molar-refractivity contribution in [3.05, 3.63) is 15.0 Å². The zero-order chi connectivity index (χ0) is 19.8. The van der Waals surface area contributed by atoms with Gasteiger partial charge in [0.15, 0.2) is 0 Å². The summed E-state index contributed by atoms with van der Waals surface area (Å²) in [5, 5.41) is 11.9. The number of carboxylic acids is 1. The first-order valence-corrected chi connectivity index (χ1v) is 10.7. The van der Waals surface area contributed by atoms with Crippen LogP contribution in [0.15, 0.2) is 9.98 Å². The Balaban J connectivity index is 1.91. The smallest absolute Gasteiger partial charge is 0.410 e. The minimum atomic E-state index is -1.00. The number of carbonyl (C=O) groups is 2. The second-order valence-electron chi connectivity index (χ2n) is 8.16. The Morgan fingerprint density at radius 1 is 1.37 bits per heavy atom. The lowest BCUT2D eigenvalue weighted by molar-refractivity contribution is -0.193. The van der Waals surface area contributed by atoms with Crippen molar-refractivity contribution in [1.82, 2.24) is 9.88 Å². The number of ether oxygens (including phenoxy) is 2. The van der Waals surface area contributed by atoms with Crippen LogP contribution in [0, 0.1) is 11.8 Å². The molecule has 1 aliphatic carbocycles. The van der Waals surface area contributed by atoms with Crippen LogP contribution in [-0.4, -0.2) is 52.4 Å². The molecule has 0 radical (unpaired) electrons. The number of thiazole rings is 1. The van der Waals surface area contributed by atoms with E-state index in [1.807, 2.05) is 26.2 Å². The number of hydrogen-bond acceptors (Lipinski definition) is 6. The van der Waals surface area contributed by atoms with Gasteiger partial charge in [-0.1, -0.05) is 6.42 Å². The number of piperidine rings is 1. The van der Waals surface area contributed by atoms with Gasteiger partial charge in [-0.3, -0.25) is 0 Å². The first-order chi connectivity index (χ1) is 12.6. The summed E-state index contributed by atoms with van der Waals surface area (Å²) in [5.41, 5.74) is -1.33. The van der Waals surface area contributed by atoms with Crippen LogP contribution < -0.4 is 0 Å². The lowest BCUT2D eigenvalue weighted by atomic mass is 9.65. The Labute approximate surface area is 171 Å². The molecule has 27 heavy (non-hydrogen) atoms. The van der Waals surface area contributed by atoms with Crippen molar-refractivity contribution in [2.75, 3.05) is 19.7 Å². The van der Waals surface area contributed by atoms with Gasteiger partial charge in [-0.15, -0.1) is 11.3 Å². The van der Waals surface area contributed by atoms with Crippen LogP contribution in [0.5, 0.6) is 0 Å². The summed E-state index contributed by atoms with van der Waals surface area (Å²) >= 11 is 4.87. The number of hydrogen-bond donors (Lipinski definition) is 1. The Morgan fingerprint density at radius 2 is 2.00 bits per heavy atom. The fourth-order valence-corrected chi connectivity index (χ4v) is 5.73. The van der Waals surface area contributed by atoms with E-state index in [4.69, 9.17) is 9.47 Å². The summed E-state index contributed by atoms with van der Waals surface area (Å²) in [5.74, 6) is -1.04. The Kier molecular flexibility index (Phi) is 5.84. The van der Waals surface area contributed by atoms with Crippen molar-refractivity contribution in [2.24, 2.45) is 11.8 Å². The summed E-state index contributed by atoms with van der Waals surface area (Å²) in [6, 6.07) is 0. The number of nitrogens with zero attached hydrogens (tertiary/aromatic N) is 2. The SMILES string of the molecule is CC(C)(C)OC(=O)N1CC2CCCC(C1)C2(OCC(=O)O)c1nc(Br)cs1. The summed E-state index contributed by atoms with van der Waals surface area (Å²) in [4.78, 5) is 30.2. The molecule has 0 aromatic carbocycles. The monoisotopic (exact) mass is 460 g/mol. The molecule has 1 amide bonds. The molecule has 0 spiro atoms. The second kappa shape index (κ2) is 7.67. The molecule has 2 atom stereocenters. The summed E-state index contributed by atoms with van der Waals surface area (Å²) < 4.78 is 12.3. The maximum Gasteiger partial charge on any atom is 0.410 e. The van der Waals surface area contributed by atoms with Crippen LogP contribution in [0.4, 0.5) is 4.79 Å². The number of amides is 1. The predicted molar refractivity (Wildman–Crippen MR) is 104 cm³/mol. The van der Waals surface area contributed by atoms with Crippen LogP contribution in [0.1, 0.15) is 45.0 Å². The first-order valence-electron chi connectivity index (χ1n) is 9.07. The van der Waals surface area contributed by atoms with E-state index < -0.39 is 17.2 Å². The molecule has 1 saturated carbocycles. The van der Waals surface area contributed by atoms with Gasteiger partial charge < -0.3 is 19.5 Å². The van der Waals surface area contributed by atoms with Crippen LogP contribution in [-0.2, 0) is 19.9 Å². The van der Waals surface area contributed by atoms with Gasteiger partial charge in [-0.2, -0.15) is 0 Å². The molecule has 9 heteroatoms. The quantitative estimate of drug-likeness (QED) is 0.733. The molecule has 2 bridgehead atoms. The largest absolute Gasteiger partial charge is 0.480 e. The molecule has 1 aromatic rings. The van der Waals surface area contributed by atoms with Crippen molar-refractivity contribution in [3.8, 4) is 0 Å². The second-order valence-corrected chi connectivity index (χ2v) is 9.83. The molecule has 1 aromatic heterocycles. The minimum Gasteiger partial charge on any atom is -0.480 e. The topological polar surface area (TPSA) is 89.0 Å². The summed E-state index contributed by atoms with van der Waals surface area (Å²) in [7, 11) is 0. The van der Waals surface area contributed by atoms with E-state index in [1.54, 1.807) is 4.90 Å². The summed E-state index contributed by atoms with van der Waals surface area (Å²) in [6.45, 7) is 6.12. The third-order valence-electron chi connectivity index (χ3n) is 5.10. The van der Waals surface area contributed by atoms with Gasteiger partial charge >= 0.3 is 12.1 Å². The average molecular weight is 461 g/mol. The first kappa shape index (κ1) is 20.5. The number of likely N-dealkylation sites (tertiary alicyclic amines) is 1. The van der Waals surface area contributed by atoms with E-state index in [-0.39, 0.29) is 24.5 Å². The van der Waals surface area contributed by atoms with Crippen molar-refractivity contribution < 1.29 is 24.2 Å². The highest BCUT2D eigenvalue weighted by Crippen LogP contribution is 2.52. The molecule has 2 heterocycles. The maximum atomic E-state index is 12.6. The highest BCUT2D eigenvalue weighted by atomic mass is 79.9. The van der Waals surface area contributed by atoms with E-state index in [0.29, 0.717) is 17.7 Å². The molecular formula is C18H25BrN2O5S. The lowest BCUT2D eigenvalue weighted by Gasteiger charge is -2.54. The average Bonchev–Trinajstić information content (AvgIpc) is 2.97. The lowest BCUT2D eigenvalue weighted by Crippen LogP contribution is -2.61. The number of fused-ring (bicyclic) bond motifs is 2. The van der Waals surface area contributed by atoms with Crippen LogP contribution in [0.2, 0.25) is 0 Å². The zero-order valence-electron chi connectivity index (χ0n) is 15.7. The van der Waals surface area contributed by atoms with Gasteiger partial charge in [0.05, 0.1) is 0 Å². The standard InChI is InChI=1S/C18H25BrN2O5S/c1-17(2,3)26-16(24)21-7-11-5-4-6-12(8-21)18(11,25-9-14(22)23)15-20-13(19)10-27-15/h10-12H,4-9H2,1-3H3,(H,22,23). The fourth-order valence-electron chi connectivity index (χ4n) is 4.17. The molecule has 1 aliphatic heterocycles. The van der Waals surface area contributed by atoms with Gasteiger partial charge in [0.2, 0.25) is 0 Å². The van der Waals surface area contributed by atoms with E-state index in [0.717, 1.165) is 24.3 Å². The molecular weight excluding hydrogens is 436 g/mol. The number of carbonyl (C=O) groups excluding carboxylic acids is 1. The zero-order valence-corrected chi connectivity index (χ0v) is 18.1. The van der Waals surface area contributed by atoms with Crippen LogP contribution >= 0.6 is 27.3 Å². The third kappa shape index (κ3) is 4.30. The number of rotatable bonds is 4. The van der Waals surface area contributed by atoms with Gasteiger partial charge in [-0.25, -0.2) is 14.6 Å². The van der Waals surface area contributed by atoms with E-state index >= 15 is 0 Å². The van der Waals surface area contributed by atoms with Gasteiger partial charge in [0.25, 0.3) is 0 Å². The molecule has 7 nitrogen and oxygen atoms in total. The van der Waals surface area contributed by atoms with E-state index in [9.17, 15) is 14.7 Å². The fraction of sp³-hybridized carbons (Fsp3) is 0.722. The van der Waals surface area contributed by atoms with Crippen molar-refractivity contribution in [3.63, 3.8) is 0 Å². The van der Waals surface area contributed by atoms with Gasteiger partial charge in [0, 0.05) is 30.3 Å². The highest BCUT2D eigenvalue weighted by Gasteiger charge is 2.56. The molecule has 1 saturated heterocycles. The number of carboxylic acid groups (broad SMARTS) is 1. The molecule has 1 N–H and O–H groups in total. The van der Waals surface area contributed by atoms with Crippen LogP contribution in [0.25, 0.3) is 0 Å². The van der Waals surface area contributed by atoms with E-state index in [1.165, 1.54) is 11.3 Å². The highest BCUT2D eigenvalue weighted by molar-refractivity contribution is 9.10. The number of aliphatic carboxylic acids is 1. The Morgan fingerprint density at radius 3 is 2.48 bits per heavy atom. The Hall–Kier alpha value is -1.19. The molecule has 2 aliphatic rings. The van der Waals surface area contributed by atoms with Gasteiger partial charge in [-0.05, 0) is 49.5 Å². The van der Waals surface area contributed by atoms with Crippen molar-refractivity contribution in [2.45, 2.75) is 51.2 Å². The van der Waals surface area contributed by atoms with E-state index in [2.05, 4.69) is 20.9 Å². The Bertz CT molecular complexity index is 703. The van der Waals surface area contributed by atoms with Gasteiger partial charge in [0.1, 0.15) is 27.4 Å². The predicted octanol–water partition coefficient (Wildman–Crippen LogP) is 3.87. The molecule has 2 fully saturated rings.